The summed E-state index contributed by atoms with van der Waals surface area (Å²) in [4.78, 5) is 11.5. The monoisotopic (exact) mass is 226 g/mol. The molecule has 3 nitrogen and oxygen atoms in total. The Hall–Kier alpha value is -0.570. The SMILES string of the molecule is CCCCNC(=O)CCC1CCC(N)CC1. The van der Waals surface area contributed by atoms with Gasteiger partial charge in [-0.2, -0.15) is 0 Å². The molecule has 0 unspecified atom stereocenters. The van der Waals surface area contributed by atoms with Gasteiger partial charge in [0.15, 0.2) is 0 Å². The summed E-state index contributed by atoms with van der Waals surface area (Å²) in [6, 6.07) is 0.412. The molecule has 1 rings (SSSR count). The van der Waals surface area contributed by atoms with E-state index < -0.39 is 0 Å². The van der Waals surface area contributed by atoms with Crippen LogP contribution in [0.2, 0.25) is 0 Å². The average Bonchev–Trinajstić information content (AvgIpc) is 2.29. The first-order valence-electron chi connectivity index (χ1n) is 6.74. The Kier molecular flexibility index (Phi) is 6.46. The highest BCUT2D eigenvalue weighted by Gasteiger charge is 2.18. The van der Waals surface area contributed by atoms with Crippen LogP contribution >= 0.6 is 0 Å². The minimum atomic E-state index is 0.225. The van der Waals surface area contributed by atoms with Crippen LogP contribution in [0.3, 0.4) is 0 Å². The van der Waals surface area contributed by atoms with Gasteiger partial charge in [-0.3, -0.25) is 4.79 Å². The van der Waals surface area contributed by atoms with E-state index in [0.29, 0.717) is 12.5 Å². The summed E-state index contributed by atoms with van der Waals surface area (Å²) < 4.78 is 0. The predicted octanol–water partition coefficient (Wildman–Crippen LogP) is 2.20. The molecule has 1 fully saturated rings. The number of nitrogens with one attached hydrogen (secondary N) is 1. The van der Waals surface area contributed by atoms with Gasteiger partial charge in [-0.15, -0.1) is 0 Å². The van der Waals surface area contributed by atoms with Crippen LogP contribution in [0.1, 0.15) is 58.3 Å². The third-order valence-electron chi connectivity index (χ3n) is 3.52. The lowest BCUT2D eigenvalue weighted by Crippen LogP contribution is -2.28. The van der Waals surface area contributed by atoms with Crippen molar-refractivity contribution in [3.8, 4) is 0 Å². The second kappa shape index (κ2) is 7.66. The van der Waals surface area contributed by atoms with Gasteiger partial charge in [-0.25, -0.2) is 0 Å². The fourth-order valence-corrected chi connectivity index (χ4v) is 2.31. The highest BCUT2D eigenvalue weighted by Crippen LogP contribution is 2.26. The fourth-order valence-electron chi connectivity index (χ4n) is 2.31. The lowest BCUT2D eigenvalue weighted by Gasteiger charge is -2.25. The Morgan fingerprint density at radius 2 is 2.00 bits per heavy atom. The lowest BCUT2D eigenvalue weighted by molar-refractivity contribution is -0.121. The molecule has 0 bridgehead atoms. The van der Waals surface area contributed by atoms with Crippen LogP contribution in [0, 0.1) is 5.92 Å². The van der Waals surface area contributed by atoms with Crippen molar-refractivity contribution in [2.24, 2.45) is 11.7 Å². The lowest BCUT2D eigenvalue weighted by atomic mass is 9.84. The van der Waals surface area contributed by atoms with Gasteiger partial charge in [0.1, 0.15) is 0 Å². The van der Waals surface area contributed by atoms with Crippen molar-refractivity contribution in [2.45, 2.75) is 64.3 Å². The van der Waals surface area contributed by atoms with Crippen molar-refractivity contribution < 1.29 is 4.79 Å². The maximum Gasteiger partial charge on any atom is 0.220 e. The van der Waals surface area contributed by atoms with E-state index in [-0.39, 0.29) is 5.91 Å². The number of carbonyl (C=O) groups is 1. The summed E-state index contributed by atoms with van der Waals surface area (Å²) >= 11 is 0. The summed E-state index contributed by atoms with van der Waals surface area (Å²) in [5.41, 5.74) is 5.85. The Bertz CT molecular complexity index is 198. The third-order valence-corrected chi connectivity index (χ3v) is 3.52. The van der Waals surface area contributed by atoms with Crippen molar-refractivity contribution in [2.75, 3.05) is 6.54 Å². The van der Waals surface area contributed by atoms with E-state index in [9.17, 15) is 4.79 Å². The standard InChI is InChI=1S/C13H26N2O/c1-2-3-10-15-13(16)9-6-11-4-7-12(14)8-5-11/h11-12H,2-10,14H2,1H3,(H,15,16). The van der Waals surface area contributed by atoms with Crippen molar-refractivity contribution in [1.29, 1.82) is 0 Å². The van der Waals surface area contributed by atoms with Crippen LogP contribution in [-0.2, 0) is 4.79 Å². The smallest absolute Gasteiger partial charge is 0.220 e. The number of hydrogen-bond donors (Lipinski definition) is 2. The van der Waals surface area contributed by atoms with E-state index in [1.165, 1.54) is 12.8 Å². The zero-order chi connectivity index (χ0) is 11.8. The Morgan fingerprint density at radius 1 is 1.31 bits per heavy atom. The first-order valence-corrected chi connectivity index (χ1v) is 6.74. The van der Waals surface area contributed by atoms with Gasteiger partial charge < -0.3 is 11.1 Å². The minimum Gasteiger partial charge on any atom is -0.356 e. The van der Waals surface area contributed by atoms with Gasteiger partial charge >= 0.3 is 0 Å². The molecule has 0 atom stereocenters. The van der Waals surface area contributed by atoms with E-state index in [1.54, 1.807) is 0 Å². The maximum absolute atomic E-state index is 11.5. The van der Waals surface area contributed by atoms with Gasteiger partial charge in [0.05, 0.1) is 0 Å². The molecule has 1 aliphatic carbocycles. The van der Waals surface area contributed by atoms with Crippen LogP contribution in [0.25, 0.3) is 0 Å². The van der Waals surface area contributed by atoms with E-state index in [2.05, 4.69) is 12.2 Å². The van der Waals surface area contributed by atoms with Crippen LogP contribution in [0.5, 0.6) is 0 Å². The quantitative estimate of drug-likeness (QED) is 0.682. The number of carbonyl (C=O) groups excluding carboxylic acids is 1. The molecule has 0 saturated heterocycles. The molecule has 0 aromatic heterocycles. The van der Waals surface area contributed by atoms with E-state index in [1.807, 2.05) is 0 Å². The summed E-state index contributed by atoms with van der Waals surface area (Å²) in [7, 11) is 0. The normalized spacial score (nSPS) is 25.4. The summed E-state index contributed by atoms with van der Waals surface area (Å²) in [6.07, 6.45) is 8.68. The van der Waals surface area contributed by atoms with Crippen LogP contribution in [0.15, 0.2) is 0 Å². The van der Waals surface area contributed by atoms with Crippen molar-refractivity contribution >= 4 is 5.91 Å². The zero-order valence-electron chi connectivity index (χ0n) is 10.5. The second-order valence-electron chi connectivity index (χ2n) is 5.02. The van der Waals surface area contributed by atoms with Crippen molar-refractivity contribution in [3.05, 3.63) is 0 Å². The molecule has 3 heteroatoms. The van der Waals surface area contributed by atoms with Gasteiger partial charge in [0.2, 0.25) is 5.91 Å². The van der Waals surface area contributed by atoms with E-state index in [4.69, 9.17) is 5.73 Å². The molecule has 3 N–H and O–H groups in total. The molecule has 94 valence electrons. The number of hydrogen-bond acceptors (Lipinski definition) is 2. The largest absolute Gasteiger partial charge is 0.356 e. The maximum atomic E-state index is 11.5. The van der Waals surface area contributed by atoms with Crippen molar-refractivity contribution in [1.82, 2.24) is 5.32 Å². The van der Waals surface area contributed by atoms with Gasteiger partial charge in [0, 0.05) is 19.0 Å². The third kappa shape index (κ3) is 5.50. The molecule has 1 saturated carbocycles. The Morgan fingerprint density at radius 3 is 2.62 bits per heavy atom. The van der Waals surface area contributed by atoms with E-state index in [0.717, 1.165) is 44.6 Å². The molecular formula is C13H26N2O. The summed E-state index contributed by atoms with van der Waals surface area (Å²) in [6.45, 7) is 2.97. The highest BCUT2D eigenvalue weighted by molar-refractivity contribution is 5.75. The first kappa shape index (κ1) is 13.5. The summed E-state index contributed by atoms with van der Waals surface area (Å²) in [5.74, 6) is 0.958. The number of rotatable bonds is 6. The van der Waals surface area contributed by atoms with Crippen LogP contribution in [0.4, 0.5) is 0 Å². The molecule has 0 spiro atoms. The molecule has 16 heavy (non-hydrogen) atoms. The zero-order valence-corrected chi connectivity index (χ0v) is 10.5. The van der Waals surface area contributed by atoms with Crippen LogP contribution in [-0.4, -0.2) is 18.5 Å². The predicted molar refractivity (Wildman–Crippen MR) is 67.1 cm³/mol. The molecular weight excluding hydrogens is 200 g/mol. The Balaban J connectivity index is 2.03. The Labute approximate surface area is 99.2 Å². The molecule has 0 aliphatic heterocycles. The number of unbranched alkanes of at least 4 members (excludes halogenated alkanes) is 1. The molecule has 1 aliphatic rings. The summed E-state index contributed by atoms with van der Waals surface area (Å²) in [5, 5.41) is 2.97. The van der Waals surface area contributed by atoms with Crippen LogP contribution < -0.4 is 11.1 Å². The fraction of sp³-hybridized carbons (Fsp3) is 0.923. The van der Waals surface area contributed by atoms with Crippen molar-refractivity contribution in [3.63, 3.8) is 0 Å². The first-order chi connectivity index (χ1) is 7.72. The molecule has 0 aromatic carbocycles. The topological polar surface area (TPSA) is 55.1 Å². The van der Waals surface area contributed by atoms with Gasteiger partial charge in [0.25, 0.3) is 0 Å². The molecule has 1 amide bonds. The van der Waals surface area contributed by atoms with Gasteiger partial charge in [-0.05, 0) is 44.4 Å². The second-order valence-corrected chi connectivity index (χ2v) is 5.02. The van der Waals surface area contributed by atoms with E-state index >= 15 is 0 Å². The number of amides is 1. The molecule has 0 heterocycles. The number of nitrogens with two attached hydrogens (primary N) is 1. The van der Waals surface area contributed by atoms with Gasteiger partial charge in [-0.1, -0.05) is 13.3 Å². The highest BCUT2D eigenvalue weighted by atomic mass is 16.1. The average molecular weight is 226 g/mol. The molecule has 0 aromatic rings. The molecule has 0 radical (unpaired) electrons. The minimum absolute atomic E-state index is 0.225.